The van der Waals surface area contributed by atoms with Gasteiger partial charge in [0.25, 0.3) is 0 Å². The molecule has 2 N–H and O–H groups in total. The highest BCUT2D eigenvalue weighted by atomic mass is 16.2. The van der Waals surface area contributed by atoms with Crippen LogP contribution in [0.1, 0.15) is 44.1 Å². The van der Waals surface area contributed by atoms with E-state index in [0.29, 0.717) is 5.91 Å². The fourth-order valence-corrected chi connectivity index (χ4v) is 3.93. The summed E-state index contributed by atoms with van der Waals surface area (Å²) in [4.78, 5) is 19.0. The molecule has 25 heavy (non-hydrogen) atoms. The van der Waals surface area contributed by atoms with E-state index in [4.69, 9.17) is 0 Å². The van der Waals surface area contributed by atoms with Crippen molar-refractivity contribution in [3.05, 3.63) is 24.0 Å². The lowest BCUT2D eigenvalue weighted by molar-refractivity contribution is -0.135. The van der Waals surface area contributed by atoms with Gasteiger partial charge >= 0.3 is 0 Å². The minimum Gasteiger partial charge on any atom is -0.357 e. The fourth-order valence-electron chi connectivity index (χ4n) is 3.93. The molecule has 1 aromatic heterocycles. The first-order valence-electron chi connectivity index (χ1n) is 9.52. The van der Waals surface area contributed by atoms with Gasteiger partial charge in [-0.1, -0.05) is 19.3 Å². The zero-order valence-corrected chi connectivity index (χ0v) is 15.5. The maximum atomic E-state index is 12.7. The molecule has 2 fully saturated rings. The molecule has 6 heteroatoms. The molecule has 1 aliphatic heterocycles. The Labute approximate surface area is 150 Å². The van der Waals surface area contributed by atoms with E-state index in [-0.39, 0.29) is 12.0 Å². The number of nitrogens with zero attached hydrogens (tertiary/aromatic N) is 3. The number of carbonyl (C=O) groups excluding carboxylic acids is 1. The van der Waals surface area contributed by atoms with Crippen LogP contribution in [0, 0.1) is 5.92 Å². The van der Waals surface area contributed by atoms with Gasteiger partial charge in [0.15, 0.2) is 5.96 Å². The van der Waals surface area contributed by atoms with E-state index >= 15 is 0 Å². The number of rotatable bonds is 4. The topological polar surface area (TPSA) is 61.7 Å². The van der Waals surface area contributed by atoms with Crippen molar-refractivity contribution in [3.63, 3.8) is 0 Å². The number of hydrogen-bond acceptors (Lipinski definition) is 2. The third-order valence-corrected chi connectivity index (χ3v) is 5.37. The summed E-state index contributed by atoms with van der Waals surface area (Å²) in [6.07, 6.45) is 11.0. The lowest BCUT2D eigenvalue weighted by Gasteiger charge is -2.26. The van der Waals surface area contributed by atoms with Gasteiger partial charge in [-0.05, 0) is 30.9 Å². The van der Waals surface area contributed by atoms with Gasteiger partial charge in [0, 0.05) is 58.1 Å². The summed E-state index contributed by atoms with van der Waals surface area (Å²) < 4.78 is 2.04. The van der Waals surface area contributed by atoms with Crippen molar-refractivity contribution in [2.75, 3.05) is 20.1 Å². The number of aryl methyl sites for hydroxylation is 1. The predicted octanol–water partition coefficient (Wildman–Crippen LogP) is 1.87. The second kappa shape index (κ2) is 8.41. The molecular weight excluding hydrogens is 314 g/mol. The summed E-state index contributed by atoms with van der Waals surface area (Å²) in [5.41, 5.74) is 1.23. The lowest BCUT2D eigenvalue weighted by Crippen LogP contribution is -2.45. The van der Waals surface area contributed by atoms with Crippen LogP contribution < -0.4 is 10.6 Å². The fraction of sp³-hybridized carbons (Fsp3) is 0.684. The Kier molecular flexibility index (Phi) is 6.00. The molecule has 1 aliphatic carbocycles. The van der Waals surface area contributed by atoms with Crippen molar-refractivity contribution >= 4 is 11.9 Å². The van der Waals surface area contributed by atoms with Gasteiger partial charge in [0.05, 0.1) is 0 Å². The van der Waals surface area contributed by atoms with Gasteiger partial charge in [-0.25, -0.2) is 0 Å². The first-order valence-corrected chi connectivity index (χ1v) is 9.52. The molecule has 0 radical (unpaired) electrons. The Morgan fingerprint density at radius 2 is 2.08 bits per heavy atom. The summed E-state index contributed by atoms with van der Waals surface area (Å²) in [6.45, 7) is 2.40. The summed E-state index contributed by atoms with van der Waals surface area (Å²) in [7, 11) is 3.81. The van der Waals surface area contributed by atoms with Crippen LogP contribution in [0.2, 0.25) is 0 Å². The van der Waals surface area contributed by atoms with Crippen LogP contribution in [0.15, 0.2) is 23.5 Å². The van der Waals surface area contributed by atoms with Gasteiger partial charge in [-0.3, -0.25) is 9.79 Å². The molecule has 1 atom stereocenters. The van der Waals surface area contributed by atoms with Crippen LogP contribution in [-0.2, 0) is 18.4 Å². The molecule has 1 saturated carbocycles. The second-order valence-electron chi connectivity index (χ2n) is 7.36. The molecule has 138 valence electrons. The number of aromatic nitrogens is 1. The van der Waals surface area contributed by atoms with Crippen molar-refractivity contribution in [1.29, 1.82) is 0 Å². The molecule has 0 bridgehead atoms. The molecule has 1 saturated heterocycles. The van der Waals surface area contributed by atoms with E-state index in [1.54, 1.807) is 7.05 Å². The Hall–Kier alpha value is -1.98. The molecular formula is C19H31N5O. The minimum atomic E-state index is 0.267. The number of hydrogen-bond donors (Lipinski definition) is 2. The van der Waals surface area contributed by atoms with Crippen LogP contribution in [0.5, 0.6) is 0 Å². The highest BCUT2D eigenvalue weighted by Crippen LogP contribution is 2.26. The van der Waals surface area contributed by atoms with E-state index in [1.165, 1.54) is 24.8 Å². The van der Waals surface area contributed by atoms with Gasteiger partial charge in [0.1, 0.15) is 0 Å². The molecule has 1 aromatic rings. The van der Waals surface area contributed by atoms with E-state index in [0.717, 1.165) is 44.9 Å². The van der Waals surface area contributed by atoms with Gasteiger partial charge in [-0.15, -0.1) is 0 Å². The third-order valence-electron chi connectivity index (χ3n) is 5.37. The molecule has 1 unspecified atom stereocenters. The Bertz CT molecular complexity index is 603. The summed E-state index contributed by atoms with van der Waals surface area (Å²) in [6, 6.07) is 2.38. The molecule has 2 aliphatic rings. The number of guanidine groups is 1. The van der Waals surface area contributed by atoms with Crippen molar-refractivity contribution in [2.24, 2.45) is 18.0 Å². The zero-order chi connectivity index (χ0) is 17.6. The van der Waals surface area contributed by atoms with E-state index in [1.807, 2.05) is 17.8 Å². The summed E-state index contributed by atoms with van der Waals surface area (Å²) >= 11 is 0. The molecule has 6 nitrogen and oxygen atoms in total. The maximum absolute atomic E-state index is 12.7. The summed E-state index contributed by atoms with van der Waals surface area (Å²) in [5, 5.41) is 6.82. The molecule has 3 rings (SSSR count). The van der Waals surface area contributed by atoms with E-state index in [9.17, 15) is 4.79 Å². The van der Waals surface area contributed by atoms with Gasteiger partial charge < -0.3 is 20.1 Å². The first-order chi connectivity index (χ1) is 12.2. The maximum Gasteiger partial charge on any atom is 0.225 e. The van der Waals surface area contributed by atoms with Crippen LogP contribution in [0.3, 0.4) is 0 Å². The van der Waals surface area contributed by atoms with Crippen molar-refractivity contribution in [1.82, 2.24) is 20.1 Å². The standard InChI is InChI=1S/C19H31N5O/c1-20-19(21-12-15-8-10-23(2)13-15)22-17-9-11-24(14-17)18(25)16-6-4-3-5-7-16/h8,10,13,16-17H,3-7,9,11-12,14H2,1-2H3,(H2,20,21,22). The van der Waals surface area contributed by atoms with E-state index < -0.39 is 0 Å². The zero-order valence-electron chi connectivity index (χ0n) is 15.5. The normalized spacial score (nSPS) is 22.2. The number of carbonyl (C=O) groups is 1. The van der Waals surface area contributed by atoms with Gasteiger partial charge in [-0.2, -0.15) is 0 Å². The Morgan fingerprint density at radius 1 is 1.28 bits per heavy atom. The van der Waals surface area contributed by atoms with Crippen LogP contribution in [0.25, 0.3) is 0 Å². The first kappa shape index (κ1) is 17.8. The quantitative estimate of drug-likeness (QED) is 0.647. The number of nitrogens with one attached hydrogen (secondary N) is 2. The van der Waals surface area contributed by atoms with Crippen molar-refractivity contribution in [3.8, 4) is 0 Å². The predicted molar refractivity (Wildman–Crippen MR) is 100 cm³/mol. The average Bonchev–Trinajstić information content (AvgIpc) is 3.27. The molecule has 2 heterocycles. The van der Waals surface area contributed by atoms with Crippen LogP contribution >= 0.6 is 0 Å². The van der Waals surface area contributed by atoms with Crippen molar-refractivity contribution < 1.29 is 4.79 Å². The lowest BCUT2D eigenvalue weighted by atomic mass is 9.88. The van der Waals surface area contributed by atoms with Crippen LogP contribution in [0.4, 0.5) is 0 Å². The Balaban J connectivity index is 1.45. The SMILES string of the molecule is CN=C(NCc1ccn(C)c1)NC1CCN(C(=O)C2CCCCC2)C1. The smallest absolute Gasteiger partial charge is 0.225 e. The highest BCUT2D eigenvalue weighted by Gasteiger charge is 2.31. The second-order valence-corrected chi connectivity index (χ2v) is 7.36. The number of aliphatic imine (C=N–C) groups is 1. The Morgan fingerprint density at radius 3 is 2.76 bits per heavy atom. The largest absolute Gasteiger partial charge is 0.357 e. The van der Waals surface area contributed by atoms with Gasteiger partial charge in [0.2, 0.25) is 5.91 Å². The highest BCUT2D eigenvalue weighted by molar-refractivity contribution is 5.81. The summed E-state index contributed by atoms with van der Waals surface area (Å²) in [5.74, 6) is 1.44. The number of likely N-dealkylation sites (tertiary alicyclic amines) is 1. The number of amides is 1. The average molecular weight is 345 g/mol. The van der Waals surface area contributed by atoms with E-state index in [2.05, 4.69) is 32.8 Å². The minimum absolute atomic E-state index is 0.267. The van der Waals surface area contributed by atoms with Crippen LogP contribution in [-0.4, -0.2) is 47.5 Å². The molecule has 1 amide bonds. The monoisotopic (exact) mass is 345 g/mol. The van der Waals surface area contributed by atoms with Crippen molar-refractivity contribution in [2.45, 2.75) is 51.1 Å². The third kappa shape index (κ3) is 4.77. The molecule has 0 spiro atoms. The molecule has 0 aromatic carbocycles.